The van der Waals surface area contributed by atoms with Gasteiger partial charge in [0, 0.05) is 18.9 Å². The molecule has 0 atom stereocenters. The molecule has 0 unspecified atom stereocenters. The Bertz CT molecular complexity index is 709. The Kier molecular flexibility index (Phi) is 2.29. The molecule has 0 bridgehead atoms. The predicted molar refractivity (Wildman–Crippen MR) is 69.0 cm³/mol. The van der Waals surface area contributed by atoms with E-state index in [2.05, 4.69) is 22.2 Å². The Hall–Kier alpha value is -2.37. The monoisotopic (exact) mass is 242 g/mol. The largest absolute Gasteiger partial charge is 0.398 e. The van der Waals surface area contributed by atoms with Gasteiger partial charge in [-0.15, -0.1) is 10.2 Å². The van der Waals surface area contributed by atoms with Crippen molar-refractivity contribution in [3.8, 4) is 11.5 Å². The van der Waals surface area contributed by atoms with Gasteiger partial charge in [-0.05, 0) is 24.6 Å². The highest BCUT2D eigenvalue weighted by Crippen LogP contribution is 2.20. The second kappa shape index (κ2) is 3.83. The van der Waals surface area contributed by atoms with Gasteiger partial charge in [-0.25, -0.2) is 0 Å². The molecule has 92 valence electrons. The standard InChI is InChI=1S/C12H14N6/c1-3-9-6-10(17(2)16-9)12-15-14-11-5-4-8(13)7-18(11)12/h4-7H,3,13H2,1-2H3. The van der Waals surface area contributed by atoms with E-state index < -0.39 is 0 Å². The fourth-order valence-electron chi connectivity index (χ4n) is 1.99. The predicted octanol–water partition coefficient (Wildman–Crippen LogP) is 1.27. The van der Waals surface area contributed by atoms with Gasteiger partial charge < -0.3 is 5.73 Å². The van der Waals surface area contributed by atoms with Crippen molar-refractivity contribution in [3.63, 3.8) is 0 Å². The van der Waals surface area contributed by atoms with E-state index in [1.54, 1.807) is 0 Å². The molecule has 0 radical (unpaired) electrons. The highest BCUT2D eigenvalue weighted by Gasteiger charge is 2.13. The average molecular weight is 242 g/mol. The maximum absolute atomic E-state index is 5.80. The van der Waals surface area contributed by atoms with Crippen LogP contribution in [0, 0.1) is 0 Å². The van der Waals surface area contributed by atoms with Gasteiger partial charge in [-0.1, -0.05) is 6.92 Å². The van der Waals surface area contributed by atoms with Crippen molar-refractivity contribution in [2.24, 2.45) is 7.05 Å². The van der Waals surface area contributed by atoms with Crippen molar-refractivity contribution in [2.45, 2.75) is 13.3 Å². The SMILES string of the molecule is CCc1cc(-c2nnc3ccc(N)cn23)n(C)n1. The topological polar surface area (TPSA) is 74.0 Å². The zero-order valence-corrected chi connectivity index (χ0v) is 10.3. The van der Waals surface area contributed by atoms with Crippen LogP contribution in [0.5, 0.6) is 0 Å². The quantitative estimate of drug-likeness (QED) is 0.734. The molecule has 0 aliphatic rings. The molecular formula is C12H14N6. The summed E-state index contributed by atoms with van der Waals surface area (Å²) in [6.45, 7) is 2.08. The second-order valence-electron chi connectivity index (χ2n) is 4.21. The molecular weight excluding hydrogens is 228 g/mol. The van der Waals surface area contributed by atoms with E-state index in [0.717, 1.165) is 29.3 Å². The molecule has 3 aromatic heterocycles. The van der Waals surface area contributed by atoms with Crippen molar-refractivity contribution in [1.29, 1.82) is 0 Å². The molecule has 0 aromatic carbocycles. The van der Waals surface area contributed by atoms with Crippen molar-refractivity contribution in [1.82, 2.24) is 24.4 Å². The van der Waals surface area contributed by atoms with Crippen LogP contribution in [-0.2, 0) is 13.5 Å². The van der Waals surface area contributed by atoms with Crippen LogP contribution >= 0.6 is 0 Å². The Morgan fingerprint density at radius 2 is 2.11 bits per heavy atom. The summed E-state index contributed by atoms with van der Waals surface area (Å²) in [5.74, 6) is 0.756. The summed E-state index contributed by atoms with van der Waals surface area (Å²) in [6.07, 6.45) is 2.72. The van der Waals surface area contributed by atoms with Crippen molar-refractivity contribution in [2.75, 3.05) is 5.73 Å². The fourth-order valence-corrected chi connectivity index (χ4v) is 1.99. The molecule has 18 heavy (non-hydrogen) atoms. The third-order valence-electron chi connectivity index (χ3n) is 2.95. The first-order valence-electron chi connectivity index (χ1n) is 5.82. The molecule has 6 nitrogen and oxygen atoms in total. The number of nitrogens with two attached hydrogens (primary N) is 1. The summed E-state index contributed by atoms with van der Waals surface area (Å²) in [6, 6.07) is 5.69. The van der Waals surface area contributed by atoms with Crippen LogP contribution in [0.4, 0.5) is 5.69 Å². The number of aromatic nitrogens is 5. The Morgan fingerprint density at radius 1 is 1.28 bits per heavy atom. The first-order valence-corrected chi connectivity index (χ1v) is 5.82. The zero-order chi connectivity index (χ0) is 12.7. The number of fused-ring (bicyclic) bond motifs is 1. The lowest BCUT2D eigenvalue weighted by Gasteiger charge is -2.00. The van der Waals surface area contributed by atoms with Gasteiger partial charge in [0.15, 0.2) is 11.5 Å². The number of pyridine rings is 1. The Morgan fingerprint density at radius 3 is 2.83 bits per heavy atom. The van der Waals surface area contributed by atoms with Gasteiger partial charge >= 0.3 is 0 Å². The van der Waals surface area contributed by atoms with Crippen LogP contribution < -0.4 is 5.73 Å². The van der Waals surface area contributed by atoms with E-state index in [0.29, 0.717) is 5.69 Å². The van der Waals surface area contributed by atoms with Crippen molar-refractivity contribution >= 4 is 11.3 Å². The van der Waals surface area contributed by atoms with Gasteiger partial charge in [-0.2, -0.15) is 5.10 Å². The number of nitrogens with zero attached hydrogens (tertiary/aromatic N) is 5. The normalized spacial score (nSPS) is 11.2. The molecule has 6 heteroatoms. The number of rotatable bonds is 2. The van der Waals surface area contributed by atoms with Crippen molar-refractivity contribution in [3.05, 3.63) is 30.1 Å². The number of hydrogen-bond acceptors (Lipinski definition) is 4. The summed E-state index contributed by atoms with van der Waals surface area (Å²) in [4.78, 5) is 0. The lowest BCUT2D eigenvalue weighted by molar-refractivity contribution is 0.747. The number of nitrogen functional groups attached to an aromatic ring is 1. The molecule has 0 saturated carbocycles. The van der Waals surface area contributed by atoms with E-state index in [9.17, 15) is 0 Å². The smallest absolute Gasteiger partial charge is 0.186 e. The lowest BCUT2D eigenvalue weighted by atomic mass is 10.3. The third kappa shape index (κ3) is 1.54. The molecule has 0 aliphatic carbocycles. The lowest BCUT2D eigenvalue weighted by Crippen LogP contribution is -1.98. The highest BCUT2D eigenvalue weighted by molar-refractivity contribution is 5.58. The summed E-state index contributed by atoms with van der Waals surface area (Å²) >= 11 is 0. The van der Waals surface area contributed by atoms with Gasteiger partial charge in [0.1, 0.15) is 5.69 Å². The maximum Gasteiger partial charge on any atom is 0.186 e. The molecule has 3 heterocycles. The molecule has 0 fully saturated rings. The van der Waals surface area contributed by atoms with E-state index in [-0.39, 0.29) is 0 Å². The van der Waals surface area contributed by atoms with Crippen molar-refractivity contribution < 1.29 is 0 Å². The third-order valence-corrected chi connectivity index (χ3v) is 2.95. The molecule has 3 rings (SSSR count). The Labute approximate surface area is 104 Å². The van der Waals surface area contributed by atoms with E-state index >= 15 is 0 Å². The second-order valence-corrected chi connectivity index (χ2v) is 4.21. The van der Waals surface area contributed by atoms with E-state index in [1.165, 1.54) is 0 Å². The summed E-state index contributed by atoms with van der Waals surface area (Å²) in [5, 5.41) is 12.8. The van der Waals surface area contributed by atoms with Gasteiger partial charge in [0.2, 0.25) is 0 Å². The molecule has 2 N–H and O–H groups in total. The minimum Gasteiger partial charge on any atom is -0.398 e. The number of hydrogen-bond donors (Lipinski definition) is 1. The molecule has 3 aromatic rings. The number of anilines is 1. The van der Waals surface area contributed by atoms with Crippen LogP contribution in [0.25, 0.3) is 17.2 Å². The maximum atomic E-state index is 5.80. The Balaban J connectivity index is 2.24. The fraction of sp³-hybridized carbons (Fsp3) is 0.250. The molecule has 0 amide bonds. The number of aryl methyl sites for hydroxylation is 2. The van der Waals surface area contributed by atoms with Crippen LogP contribution in [0.3, 0.4) is 0 Å². The van der Waals surface area contributed by atoms with Crippen LogP contribution in [-0.4, -0.2) is 24.4 Å². The summed E-state index contributed by atoms with van der Waals surface area (Å²) in [5.41, 5.74) is 9.23. The van der Waals surface area contributed by atoms with Gasteiger partial charge in [-0.3, -0.25) is 9.08 Å². The van der Waals surface area contributed by atoms with Gasteiger partial charge in [0.05, 0.1) is 5.69 Å². The molecule has 0 aliphatic heterocycles. The average Bonchev–Trinajstić information content (AvgIpc) is 2.92. The first kappa shape index (κ1) is 10.8. The zero-order valence-electron chi connectivity index (χ0n) is 10.3. The van der Waals surface area contributed by atoms with E-state index in [4.69, 9.17) is 5.73 Å². The summed E-state index contributed by atoms with van der Waals surface area (Å²) < 4.78 is 3.70. The summed E-state index contributed by atoms with van der Waals surface area (Å²) in [7, 11) is 1.90. The van der Waals surface area contributed by atoms with Crippen LogP contribution in [0.15, 0.2) is 24.4 Å². The van der Waals surface area contributed by atoms with E-state index in [1.807, 2.05) is 40.5 Å². The minimum atomic E-state index is 0.682. The minimum absolute atomic E-state index is 0.682. The first-order chi connectivity index (χ1) is 8.69. The van der Waals surface area contributed by atoms with Crippen LogP contribution in [0.1, 0.15) is 12.6 Å². The highest BCUT2D eigenvalue weighted by atomic mass is 15.3. The van der Waals surface area contributed by atoms with Gasteiger partial charge in [0.25, 0.3) is 0 Å². The molecule has 0 saturated heterocycles. The van der Waals surface area contributed by atoms with Crippen LogP contribution in [0.2, 0.25) is 0 Å². The molecule has 0 spiro atoms.